The van der Waals surface area contributed by atoms with Gasteiger partial charge in [0, 0.05) is 11.4 Å². The lowest BCUT2D eigenvalue weighted by molar-refractivity contribution is -0.140. The lowest BCUT2D eigenvalue weighted by Gasteiger charge is -2.13. The second-order valence-electron chi connectivity index (χ2n) is 3.61. The predicted molar refractivity (Wildman–Crippen MR) is 66.7 cm³/mol. The van der Waals surface area contributed by atoms with Crippen LogP contribution in [0.2, 0.25) is 0 Å². The number of alkyl halides is 3. The molecule has 0 atom stereocenters. The Kier molecular flexibility index (Phi) is 5.68. The number of thioether (sulfide) groups is 1. The van der Waals surface area contributed by atoms with Crippen molar-refractivity contribution >= 4 is 17.7 Å². The molecule has 0 saturated heterocycles. The van der Waals surface area contributed by atoms with E-state index >= 15 is 0 Å². The van der Waals surface area contributed by atoms with Gasteiger partial charge in [-0.05, 0) is 24.6 Å². The summed E-state index contributed by atoms with van der Waals surface area (Å²) in [7, 11) is 0. The molecule has 3 nitrogen and oxygen atoms in total. The highest BCUT2D eigenvalue weighted by molar-refractivity contribution is 8.00. The molecule has 0 aliphatic heterocycles. The van der Waals surface area contributed by atoms with Crippen LogP contribution in [0.1, 0.15) is 18.1 Å². The number of carbonyl (C=O) groups is 1. The largest absolute Gasteiger partial charge is 0.465 e. The monoisotopic (exact) mass is 293 g/mol. The number of rotatable bonds is 5. The minimum atomic E-state index is -4.45. The van der Waals surface area contributed by atoms with Gasteiger partial charge in [-0.2, -0.15) is 13.2 Å². The molecular formula is C12H14F3NO2S. The molecule has 1 aromatic carbocycles. The SMILES string of the molecule is CCOC(=O)CSc1ccc(CN)c(C(F)(F)F)c1. The number of hydrogen-bond acceptors (Lipinski definition) is 4. The number of carbonyl (C=O) groups excluding carboxylic acids is 1. The Morgan fingerprint density at radius 2 is 2.11 bits per heavy atom. The second kappa shape index (κ2) is 6.81. The Hall–Kier alpha value is -1.21. The van der Waals surface area contributed by atoms with Gasteiger partial charge in [-0.3, -0.25) is 4.79 Å². The quantitative estimate of drug-likeness (QED) is 0.670. The summed E-state index contributed by atoms with van der Waals surface area (Å²) < 4.78 is 43.0. The van der Waals surface area contributed by atoms with Crippen LogP contribution in [-0.4, -0.2) is 18.3 Å². The Morgan fingerprint density at radius 1 is 1.42 bits per heavy atom. The average molecular weight is 293 g/mol. The summed E-state index contributed by atoms with van der Waals surface area (Å²) in [5.74, 6) is -0.475. The zero-order valence-corrected chi connectivity index (χ0v) is 11.1. The van der Waals surface area contributed by atoms with Gasteiger partial charge < -0.3 is 10.5 Å². The summed E-state index contributed by atoms with van der Waals surface area (Å²) in [6, 6.07) is 3.85. The van der Waals surface area contributed by atoms with Crippen molar-refractivity contribution in [1.29, 1.82) is 0 Å². The fourth-order valence-electron chi connectivity index (χ4n) is 1.43. The van der Waals surface area contributed by atoms with E-state index < -0.39 is 17.7 Å². The van der Waals surface area contributed by atoms with E-state index in [1.165, 1.54) is 12.1 Å². The highest BCUT2D eigenvalue weighted by atomic mass is 32.2. The van der Waals surface area contributed by atoms with Crippen molar-refractivity contribution in [2.75, 3.05) is 12.4 Å². The standard InChI is InChI=1S/C12H14F3NO2S/c1-2-18-11(17)7-19-9-4-3-8(6-16)10(5-9)12(13,14)15/h3-5H,2,6-7,16H2,1H3. The fourth-order valence-corrected chi connectivity index (χ4v) is 2.17. The molecule has 106 valence electrons. The van der Waals surface area contributed by atoms with Crippen LogP contribution in [0.3, 0.4) is 0 Å². The Balaban J connectivity index is 2.84. The number of ether oxygens (including phenoxy) is 1. The number of esters is 1. The topological polar surface area (TPSA) is 52.3 Å². The molecule has 0 aliphatic carbocycles. The van der Waals surface area contributed by atoms with Crippen LogP contribution >= 0.6 is 11.8 Å². The van der Waals surface area contributed by atoms with E-state index in [-0.39, 0.29) is 24.5 Å². The molecule has 0 saturated carbocycles. The van der Waals surface area contributed by atoms with Gasteiger partial charge in [-0.15, -0.1) is 11.8 Å². The van der Waals surface area contributed by atoms with Crippen molar-refractivity contribution in [1.82, 2.24) is 0 Å². The molecule has 0 unspecified atom stereocenters. The van der Waals surface area contributed by atoms with Gasteiger partial charge in [0.25, 0.3) is 0 Å². The molecule has 1 aromatic rings. The summed E-state index contributed by atoms with van der Waals surface area (Å²) in [5.41, 5.74) is 4.55. The van der Waals surface area contributed by atoms with Crippen molar-refractivity contribution < 1.29 is 22.7 Å². The number of hydrogen-bond donors (Lipinski definition) is 1. The number of nitrogens with two attached hydrogens (primary N) is 1. The maximum Gasteiger partial charge on any atom is 0.416 e. The maximum atomic E-state index is 12.8. The Morgan fingerprint density at radius 3 is 2.63 bits per heavy atom. The molecule has 0 aliphatic rings. The lowest BCUT2D eigenvalue weighted by atomic mass is 10.1. The third kappa shape index (κ3) is 4.76. The van der Waals surface area contributed by atoms with Crippen LogP contribution in [0.15, 0.2) is 23.1 Å². The van der Waals surface area contributed by atoms with Crippen molar-refractivity contribution in [3.8, 4) is 0 Å². The second-order valence-corrected chi connectivity index (χ2v) is 4.66. The van der Waals surface area contributed by atoms with Crippen molar-refractivity contribution in [2.45, 2.75) is 24.5 Å². The fraction of sp³-hybridized carbons (Fsp3) is 0.417. The predicted octanol–water partition coefficient (Wildman–Crippen LogP) is 2.82. The highest BCUT2D eigenvalue weighted by Crippen LogP contribution is 2.34. The first-order valence-corrected chi connectivity index (χ1v) is 6.55. The van der Waals surface area contributed by atoms with Crippen molar-refractivity contribution in [3.05, 3.63) is 29.3 Å². The summed E-state index contributed by atoms with van der Waals surface area (Å²) in [5, 5.41) is 0. The van der Waals surface area contributed by atoms with Crippen LogP contribution in [0, 0.1) is 0 Å². The third-order valence-corrected chi connectivity index (χ3v) is 3.24. The lowest BCUT2D eigenvalue weighted by Crippen LogP contribution is -2.12. The van der Waals surface area contributed by atoms with Crippen LogP contribution in [0.4, 0.5) is 13.2 Å². The van der Waals surface area contributed by atoms with E-state index in [0.717, 1.165) is 17.8 Å². The van der Waals surface area contributed by atoms with Gasteiger partial charge in [0.2, 0.25) is 0 Å². The van der Waals surface area contributed by atoms with Crippen LogP contribution in [0.5, 0.6) is 0 Å². The smallest absolute Gasteiger partial charge is 0.416 e. The van der Waals surface area contributed by atoms with Crippen molar-refractivity contribution in [2.24, 2.45) is 5.73 Å². The molecule has 0 radical (unpaired) electrons. The van der Waals surface area contributed by atoms with Crippen LogP contribution < -0.4 is 5.73 Å². The molecule has 0 amide bonds. The van der Waals surface area contributed by atoms with Crippen LogP contribution in [0.25, 0.3) is 0 Å². The van der Waals surface area contributed by atoms with E-state index in [2.05, 4.69) is 0 Å². The average Bonchev–Trinajstić information content (AvgIpc) is 2.35. The normalized spacial score (nSPS) is 11.4. The molecular weight excluding hydrogens is 279 g/mol. The van der Waals surface area contributed by atoms with Crippen molar-refractivity contribution in [3.63, 3.8) is 0 Å². The zero-order valence-electron chi connectivity index (χ0n) is 10.3. The zero-order chi connectivity index (χ0) is 14.5. The summed E-state index contributed by atoms with van der Waals surface area (Å²) in [6.07, 6.45) is -4.45. The number of benzene rings is 1. The maximum absolute atomic E-state index is 12.8. The highest BCUT2D eigenvalue weighted by Gasteiger charge is 2.33. The first kappa shape index (κ1) is 15.8. The van der Waals surface area contributed by atoms with Gasteiger partial charge in [-0.25, -0.2) is 0 Å². The Bertz CT molecular complexity index is 449. The molecule has 0 heterocycles. The Labute approximate surface area is 113 Å². The summed E-state index contributed by atoms with van der Waals surface area (Å²) >= 11 is 1.00. The first-order valence-electron chi connectivity index (χ1n) is 5.57. The summed E-state index contributed by atoms with van der Waals surface area (Å²) in [6.45, 7) is 1.73. The minimum Gasteiger partial charge on any atom is -0.465 e. The molecule has 7 heteroatoms. The first-order chi connectivity index (χ1) is 8.88. The van der Waals surface area contributed by atoms with Gasteiger partial charge in [0.1, 0.15) is 0 Å². The molecule has 1 rings (SSSR count). The van der Waals surface area contributed by atoms with E-state index in [1.54, 1.807) is 6.92 Å². The van der Waals surface area contributed by atoms with E-state index in [0.29, 0.717) is 4.90 Å². The van der Waals surface area contributed by atoms with E-state index in [9.17, 15) is 18.0 Å². The molecule has 19 heavy (non-hydrogen) atoms. The summed E-state index contributed by atoms with van der Waals surface area (Å²) in [4.78, 5) is 11.5. The van der Waals surface area contributed by atoms with Gasteiger partial charge in [0.05, 0.1) is 17.9 Å². The number of halogens is 3. The molecule has 0 bridgehead atoms. The van der Waals surface area contributed by atoms with Gasteiger partial charge >= 0.3 is 12.1 Å². The minimum absolute atomic E-state index is 0.0207. The molecule has 0 spiro atoms. The molecule has 0 fully saturated rings. The van der Waals surface area contributed by atoms with Gasteiger partial charge in [0.15, 0.2) is 0 Å². The van der Waals surface area contributed by atoms with E-state index in [4.69, 9.17) is 10.5 Å². The van der Waals surface area contributed by atoms with E-state index in [1.807, 2.05) is 0 Å². The third-order valence-electron chi connectivity index (χ3n) is 2.27. The van der Waals surface area contributed by atoms with Crippen LogP contribution in [-0.2, 0) is 22.3 Å². The molecule has 0 aromatic heterocycles. The molecule has 2 N–H and O–H groups in total. The van der Waals surface area contributed by atoms with Gasteiger partial charge in [-0.1, -0.05) is 6.07 Å².